The van der Waals surface area contributed by atoms with Crippen LogP contribution in [0.1, 0.15) is 41.8 Å². The lowest BCUT2D eigenvalue weighted by atomic mass is 9.96. The van der Waals surface area contributed by atoms with Gasteiger partial charge < -0.3 is 5.32 Å². The van der Waals surface area contributed by atoms with Gasteiger partial charge in [-0.15, -0.1) is 0 Å². The topological polar surface area (TPSA) is 29.9 Å². The Morgan fingerprint density at radius 2 is 2.10 bits per heavy atom. The molecule has 1 unspecified atom stereocenters. The van der Waals surface area contributed by atoms with Gasteiger partial charge in [0.05, 0.1) is 22.4 Å². The van der Waals surface area contributed by atoms with E-state index in [0.717, 1.165) is 17.4 Å². The van der Waals surface area contributed by atoms with E-state index < -0.39 is 0 Å². The fourth-order valence-corrected chi connectivity index (χ4v) is 3.08. The van der Waals surface area contributed by atoms with Gasteiger partial charge in [-0.2, -0.15) is 5.10 Å². The average Bonchev–Trinajstić information content (AvgIpc) is 2.77. The third-order valence-corrected chi connectivity index (χ3v) is 4.19. The van der Waals surface area contributed by atoms with Crippen LogP contribution < -0.4 is 5.32 Å². The summed E-state index contributed by atoms with van der Waals surface area (Å²) in [7, 11) is 2.00. The summed E-state index contributed by atoms with van der Waals surface area (Å²) < 4.78 is 3.15. The maximum absolute atomic E-state index is 4.48. The van der Waals surface area contributed by atoms with E-state index in [2.05, 4.69) is 70.0 Å². The van der Waals surface area contributed by atoms with E-state index in [1.165, 1.54) is 22.4 Å². The Hall–Kier alpha value is -1.13. The Balaban J connectivity index is 2.52. The summed E-state index contributed by atoms with van der Waals surface area (Å²) in [5, 5.41) is 7.92. The van der Waals surface area contributed by atoms with Crippen molar-refractivity contribution in [3.63, 3.8) is 0 Å². The van der Waals surface area contributed by atoms with Gasteiger partial charge in [0, 0.05) is 6.54 Å². The Morgan fingerprint density at radius 3 is 2.75 bits per heavy atom. The summed E-state index contributed by atoms with van der Waals surface area (Å²) in [6.45, 7) is 7.40. The molecule has 0 aliphatic rings. The Bertz CT molecular complexity index is 589. The van der Waals surface area contributed by atoms with E-state index in [1.807, 2.05) is 13.2 Å². The van der Waals surface area contributed by atoms with Gasteiger partial charge in [-0.05, 0) is 54.4 Å². The van der Waals surface area contributed by atoms with Crippen LogP contribution >= 0.6 is 15.9 Å². The molecule has 1 aromatic heterocycles. The van der Waals surface area contributed by atoms with E-state index in [4.69, 9.17) is 0 Å². The number of aryl methyl sites for hydroxylation is 3. The van der Waals surface area contributed by atoms with Crippen LogP contribution in [0, 0.1) is 13.8 Å². The summed E-state index contributed by atoms with van der Waals surface area (Å²) >= 11 is 3.65. The van der Waals surface area contributed by atoms with E-state index in [0.29, 0.717) is 0 Å². The zero-order valence-corrected chi connectivity index (χ0v) is 14.2. The Morgan fingerprint density at radius 1 is 1.35 bits per heavy atom. The van der Waals surface area contributed by atoms with Crippen LogP contribution in [0.15, 0.2) is 28.9 Å². The van der Waals surface area contributed by atoms with Crippen molar-refractivity contribution in [2.45, 2.75) is 39.8 Å². The molecule has 108 valence electrons. The molecule has 0 saturated carbocycles. The van der Waals surface area contributed by atoms with Gasteiger partial charge in [0.1, 0.15) is 0 Å². The molecular formula is C16H22BrN3. The minimum atomic E-state index is 0.151. The number of nitrogens with zero attached hydrogens (tertiary/aromatic N) is 2. The van der Waals surface area contributed by atoms with Crippen molar-refractivity contribution in [2.75, 3.05) is 7.05 Å². The van der Waals surface area contributed by atoms with Crippen molar-refractivity contribution in [3.8, 4) is 0 Å². The molecule has 2 aromatic rings. The molecule has 3 nitrogen and oxygen atoms in total. The summed E-state index contributed by atoms with van der Waals surface area (Å²) in [6, 6.07) is 6.75. The molecule has 0 saturated heterocycles. The van der Waals surface area contributed by atoms with Gasteiger partial charge in [0.15, 0.2) is 0 Å². The summed E-state index contributed by atoms with van der Waals surface area (Å²) in [6.07, 6.45) is 2.96. The molecule has 1 atom stereocenters. The quantitative estimate of drug-likeness (QED) is 0.895. The van der Waals surface area contributed by atoms with E-state index in [-0.39, 0.29) is 6.04 Å². The number of nitrogens with one attached hydrogen (secondary N) is 1. The first-order valence-electron chi connectivity index (χ1n) is 7.04. The average molecular weight is 336 g/mol. The highest BCUT2D eigenvalue weighted by Gasteiger charge is 2.21. The van der Waals surface area contributed by atoms with Gasteiger partial charge >= 0.3 is 0 Å². The van der Waals surface area contributed by atoms with Crippen molar-refractivity contribution in [1.82, 2.24) is 15.1 Å². The summed E-state index contributed by atoms with van der Waals surface area (Å²) in [4.78, 5) is 0. The SMILES string of the molecule is CCCn1ncc(Br)c1C(NC)c1cc(C)ccc1C. The zero-order chi connectivity index (χ0) is 14.7. The fraction of sp³-hybridized carbons (Fsp3) is 0.438. The van der Waals surface area contributed by atoms with Crippen molar-refractivity contribution in [1.29, 1.82) is 0 Å². The Labute approximate surface area is 129 Å². The van der Waals surface area contributed by atoms with E-state index >= 15 is 0 Å². The van der Waals surface area contributed by atoms with Crippen LogP contribution in [0.25, 0.3) is 0 Å². The maximum atomic E-state index is 4.48. The number of benzene rings is 1. The van der Waals surface area contributed by atoms with E-state index in [9.17, 15) is 0 Å². The third-order valence-electron chi connectivity index (χ3n) is 3.58. The highest BCUT2D eigenvalue weighted by atomic mass is 79.9. The van der Waals surface area contributed by atoms with Crippen LogP contribution in [0.3, 0.4) is 0 Å². The predicted octanol–water partition coefficient (Wildman–Crippen LogP) is 3.98. The van der Waals surface area contributed by atoms with Crippen LogP contribution in [0.5, 0.6) is 0 Å². The first kappa shape index (κ1) is 15.3. The highest BCUT2D eigenvalue weighted by molar-refractivity contribution is 9.10. The molecular weight excluding hydrogens is 314 g/mol. The van der Waals surface area contributed by atoms with Crippen molar-refractivity contribution in [3.05, 3.63) is 51.3 Å². The standard InChI is InChI=1S/C16H22BrN3/c1-5-8-20-16(14(17)10-19-20)15(18-4)13-9-11(2)6-7-12(13)3/h6-7,9-10,15,18H,5,8H2,1-4H3. The van der Waals surface area contributed by atoms with Gasteiger partial charge in [-0.3, -0.25) is 4.68 Å². The third kappa shape index (κ3) is 2.96. The molecule has 0 bridgehead atoms. The molecule has 2 rings (SSSR count). The lowest BCUT2D eigenvalue weighted by Gasteiger charge is -2.21. The van der Waals surface area contributed by atoms with Gasteiger partial charge in [-0.1, -0.05) is 30.7 Å². The number of hydrogen-bond donors (Lipinski definition) is 1. The van der Waals surface area contributed by atoms with Crippen LogP contribution in [0.2, 0.25) is 0 Å². The van der Waals surface area contributed by atoms with Crippen LogP contribution in [-0.4, -0.2) is 16.8 Å². The number of rotatable bonds is 5. The fourth-order valence-electron chi connectivity index (χ4n) is 2.56. The summed E-state index contributed by atoms with van der Waals surface area (Å²) in [5.74, 6) is 0. The van der Waals surface area contributed by atoms with Crippen LogP contribution in [0.4, 0.5) is 0 Å². The smallest absolute Gasteiger partial charge is 0.0760 e. The number of aromatic nitrogens is 2. The molecule has 4 heteroatoms. The number of hydrogen-bond acceptors (Lipinski definition) is 2. The molecule has 1 heterocycles. The normalized spacial score (nSPS) is 12.7. The summed E-state index contributed by atoms with van der Waals surface area (Å²) in [5.41, 5.74) is 5.09. The number of halogens is 1. The molecule has 0 radical (unpaired) electrons. The molecule has 0 amide bonds. The molecule has 1 aromatic carbocycles. The van der Waals surface area contributed by atoms with Gasteiger partial charge in [-0.25, -0.2) is 0 Å². The Kier molecular flexibility index (Phi) is 5.00. The second-order valence-electron chi connectivity index (χ2n) is 5.18. The van der Waals surface area contributed by atoms with Gasteiger partial charge in [0.25, 0.3) is 0 Å². The lowest BCUT2D eigenvalue weighted by Crippen LogP contribution is -2.23. The zero-order valence-electron chi connectivity index (χ0n) is 12.6. The first-order valence-corrected chi connectivity index (χ1v) is 7.83. The monoisotopic (exact) mass is 335 g/mol. The molecule has 20 heavy (non-hydrogen) atoms. The van der Waals surface area contributed by atoms with Crippen molar-refractivity contribution in [2.24, 2.45) is 0 Å². The molecule has 1 N–H and O–H groups in total. The maximum Gasteiger partial charge on any atom is 0.0760 e. The second-order valence-corrected chi connectivity index (χ2v) is 6.04. The first-order chi connectivity index (χ1) is 9.58. The van der Waals surface area contributed by atoms with Gasteiger partial charge in [0.2, 0.25) is 0 Å². The predicted molar refractivity (Wildman–Crippen MR) is 87.0 cm³/mol. The van der Waals surface area contributed by atoms with E-state index in [1.54, 1.807) is 0 Å². The lowest BCUT2D eigenvalue weighted by molar-refractivity contribution is 0.532. The van der Waals surface area contributed by atoms with Crippen LogP contribution in [-0.2, 0) is 6.54 Å². The second kappa shape index (κ2) is 6.55. The largest absolute Gasteiger partial charge is 0.308 e. The molecule has 0 fully saturated rings. The van der Waals surface area contributed by atoms with Crippen molar-refractivity contribution >= 4 is 15.9 Å². The molecule has 0 aliphatic heterocycles. The molecule has 0 aliphatic carbocycles. The minimum Gasteiger partial charge on any atom is -0.308 e. The minimum absolute atomic E-state index is 0.151. The highest BCUT2D eigenvalue weighted by Crippen LogP contribution is 2.30. The van der Waals surface area contributed by atoms with Crippen molar-refractivity contribution < 1.29 is 0 Å². The molecule has 0 spiro atoms.